The highest BCUT2D eigenvalue weighted by Gasteiger charge is 2.19. The van der Waals surface area contributed by atoms with Gasteiger partial charge in [0.15, 0.2) is 6.10 Å². The Hall–Kier alpha value is -1.59. The third-order valence-electron chi connectivity index (χ3n) is 12.8. The van der Waals surface area contributed by atoms with Gasteiger partial charge in [-0.1, -0.05) is 266 Å². The maximum atomic E-state index is 12.8. The summed E-state index contributed by atoms with van der Waals surface area (Å²) >= 11 is 0. The van der Waals surface area contributed by atoms with E-state index in [2.05, 4.69) is 34.6 Å². The lowest BCUT2D eigenvalue weighted by Gasteiger charge is -2.18. The fraction of sp³-hybridized carbons (Fsp3) is 0.945. The lowest BCUT2D eigenvalue weighted by atomic mass is 9.99. The van der Waals surface area contributed by atoms with Crippen LogP contribution in [0.5, 0.6) is 0 Å². The van der Waals surface area contributed by atoms with E-state index in [4.69, 9.17) is 14.2 Å². The van der Waals surface area contributed by atoms with E-state index < -0.39 is 6.10 Å². The second-order valence-electron chi connectivity index (χ2n) is 19.6. The summed E-state index contributed by atoms with van der Waals surface area (Å²) in [6.07, 6.45) is 49.4. The number of ether oxygens (including phenoxy) is 3. The zero-order chi connectivity index (χ0) is 44.7. The molecule has 0 aliphatic carbocycles. The summed E-state index contributed by atoms with van der Waals surface area (Å²) in [6, 6.07) is 0. The Labute approximate surface area is 380 Å². The van der Waals surface area contributed by atoms with Crippen molar-refractivity contribution in [2.24, 2.45) is 11.8 Å². The first-order chi connectivity index (χ1) is 29.8. The predicted octanol–water partition coefficient (Wildman–Crippen LogP) is 17.7. The first-order valence-electron chi connectivity index (χ1n) is 27.3. The van der Waals surface area contributed by atoms with Gasteiger partial charge < -0.3 is 14.2 Å². The molecule has 61 heavy (non-hydrogen) atoms. The molecule has 0 fully saturated rings. The lowest BCUT2D eigenvalue weighted by Crippen LogP contribution is -2.30. The fourth-order valence-electron chi connectivity index (χ4n) is 8.31. The second-order valence-corrected chi connectivity index (χ2v) is 19.6. The van der Waals surface area contributed by atoms with Gasteiger partial charge in [-0.3, -0.25) is 14.4 Å². The minimum absolute atomic E-state index is 0.0635. The molecule has 0 saturated heterocycles. The lowest BCUT2D eigenvalue weighted by molar-refractivity contribution is -0.167. The fourth-order valence-corrected chi connectivity index (χ4v) is 8.31. The Kier molecular flexibility index (Phi) is 46.6. The minimum Gasteiger partial charge on any atom is -0.462 e. The highest BCUT2D eigenvalue weighted by molar-refractivity contribution is 5.71. The number of rotatable bonds is 49. The first-order valence-corrected chi connectivity index (χ1v) is 27.3. The van der Waals surface area contributed by atoms with Crippen LogP contribution in [0.1, 0.15) is 304 Å². The van der Waals surface area contributed by atoms with Gasteiger partial charge in [-0.05, 0) is 31.1 Å². The Morgan fingerprint density at radius 3 is 0.934 bits per heavy atom. The number of unbranched alkanes of at least 4 members (excludes halogenated alkanes) is 33. The van der Waals surface area contributed by atoms with Crippen LogP contribution in [0.2, 0.25) is 0 Å². The molecule has 362 valence electrons. The van der Waals surface area contributed by atoms with Gasteiger partial charge in [0.05, 0.1) is 0 Å². The summed E-state index contributed by atoms with van der Waals surface area (Å²) in [5, 5.41) is 0. The molecule has 0 saturated carbocycles. The van der Waals surface area contributed by atoms with Crippen LogP contribution in [0.15, 0.2) is 0 Å². The summed E-state index contributed by atoms with van der Waals surface area (Å²) in [6.45, 7) is 11.4. The Bertz CT molecular complexity index is 933. The molecule has 0 aromatic carbocycles. The summed E-state index contributed by atoms with van der Waals surface area (Å²) < 4.78 is 16.8. The smallest absolute Gasteiger partial charge is 0.306 e. The Balaban J connectivity index is 4.28. The van der Waals surface area contributed by atoms with Crippen LogP contribution in [0.4, 0.5) is 0 Å². The van der Waals surface area contributed by atoms with Crippen molar-refractivity contribution in [2.45, 2.75) is 310 Å². The van der Waals surface area contributed by atoms with Gasteiger partial charge >= 0.3 is 17.9 Å². The molecule has 6 heteroatoms. The average Bonchev–Trinajstić information content (AvgIpc) is 3.24. The summed E-state index contributed by atoms with van der Waals surface area (Å²) in [5.74, 6) is 0.856. The van der Waals surface area contributed by atoms with E-state index >= 15 is 0 Å². The topological polar surface area (TPSA) is 78.9 Å². The molecule has 2 atom stereocenters. The number of carbonyl (C=O) groups excluding carboxylic acids is 3. The Morgan fingerprint density at radius 2 is 0.623 bits per heavy atom. The van der Waals surface area contributed by atoms with Crippen LogP contribution >= 0.6 is 0 Å². The molecule has 0 aliphatic rings. The van der Waals surface area contributed by atoms with E-state index in [1.165, 1.54) is 193 Å². The second kappa shape index (κ2) is 47.9. The van der Waals surface area contributed by atoms with Crippen molar-refractivity contribution >= 4 is 17.9 Å². The molecule has 0 aromatic rings. The number of hydrogen-bond acceptors (Lipinski definition) is 6. The largest absolute Gasteiger partial charge is 0.462 e. The molecule has 0 radical (unpaired) electrons. The summed E-state index contributed by atoms with van der Waals surface area (Å²) in [5.41, 5.74) is 0. The van der Waals surface area contributed by atoms with Crippen molar-refractivity contribution < 1.29 is 28.6 Å². The quantitative estimate of drug-likeness (QED) is 0.0344. The monoisotopic (exact) mass is 863 g/mol. The zero-order valence-corrected chi connectivity index (χ0v) is 41.8. The van der Waals surface area contributed by atoms with Crippen LogP contribution in [0.3, 0.4) is 0 Å². The minimum atomic E-state index is -0.762. The molecular formula is C55H106O6. The first kappa shape index (κ1) is 59.4. The van der Waals surface area contributed by atoms with Gasteiger partial charge in [-0.25, -0.2) is 0 Å². The number of hydrogen-bond donors (Lipinski definition) is 0. The van der Waals surface area contributed by atoms with Crippen molar-refractivity contribution in [1.82, 2.24) is 0 Å². The number of esters is 3. The van der Waals surface area contributed by atoms with Crippen LogP contribution < -0.4 is 0 Å². The van der Waals surface area contributed by atoms with Crippen molar-refractivity contribution in [2.75, 3.05) is 13.2 Å². The SMILES string of the molecule is CCCCCCCCCCCCCCCC(=O)OC[C@H](COC(=O)CCCCCCCCCCCCCCCCC(C)CC)OC(=O)CCCCCCCCCCCC(C)C. The highest BCUT2D eigenvalue weighted by Crippen LogP contribution is 2.18. The predicted molar refractivity (Wildman–Crippen MR) is 261 cm³/mol. The van der Waals surface area contributed by atoms with Gasteiger partial charge in [0, 0.05) is 19.3 Å². The molecule has 0 N–H and O–H groups in total. The molecule has 0 heterocycles. The Morgan fingerprint density at radius 1 is 0.344 bits per heavy atom. The molecule has 0 rings (SSSR count). The zero-order valence-electron chi connectivity index (χ0n) is 41.8. The normalized spacial score (nSPS) is 12.5. The van der Waals surface area contributed by atoms with Gasteiger partial charge in [0.25, 0.3) is 0 Å². The van der Waals surface area contributed by atoms with Crippen LogP contribution in [-0.4, -0.2) is 37.2 Å². The van der Waals surface area contributed by atoms with E-state index in [1.54, 1.807) is 0 Å². The van der Waals surface area contributed by atoms with Crippen molar-refractivity contribution in [1.29, 1.82) is 0 Å². The summed E-state index contributed by atoms with van der Waals surface area (Å²) in [4.78, 5) is 38.0. The molecular weight excluding hydrogens is 757 g/mol. The highest BCUT2D eigenvalue weighted by atomic mass is 16.6. The molecule has 0 spiro atoms. The maximum absolute atomic E-state index is 12.8. The van der Waals surface area contributed by atoms with Gasteiger partial charge in [-0.15, -0.1) is 0 Å². The number of carbonyl (C=O) groups is 3. The van der Waals surface area contributed by atoms with E-state index in [9.17, 15) is 14.4 Å². The van der Waals surface area contributed by atoms with E-state index in [0.29, 0.717) is 19.3 Å². The van der Waals surface area contributed by atoms with Crippen LogP contribution in [0, 0.1) is 11.8 Å². The van der Waals surface area contributed by atoms with E-state index in [-0.39, 0.29) is 31.1 Å². The molecule has 0 bridgehead atoms. The molecule has 0 aromatic heterocycles. The third kappa shape index (κ3) is 47.7. The maximum Gasteiger partial charge on any atom is 0.306 e. The van der Waals surface area contributed by atoms with Gasteiger partial charge in [-0.2, -0.15) is 0 Å². The van der Waals surface area contributed by atoms with Crippen molar-refractivity contribution in [3.05, 3.63) is 0 Å². The standard InChI is InChI=1S/C55H106O6/c1-6-8-9-10-11-12-13-16-20-25-30-35-40-45-53(56)59-48-52(61-55(58)47-42-37-32-27-22-23-28-33-38-43-50(3)4)49-60-54(57)46-41-36-31-26-21-18-15-14-17-19-24-29-34-39-44-51(5)7-2/h50-52H,6-49H2,1-5H3/t51?,52-/m1/s1. The van der Waals surface area contributed by atoms with Gasteiger partial charge in [0.2, 0.25) is 0 Å². The molecule has 1 unspecified atom stereocenters. The van der Waals surface area contributed by atoms with E-state index in [1.807, 2.05) is 0 Å². The summed E-state index contributed by atoms with van der Waals surface area (Å²) in [7, 11) is 0. The van der Waals surface area contributed by atoms with Gasteiger partial charge in [0.1, 0.15) is 13.2 Å². The third-order valence-corrected chi connectivity index (χ3v) is 12.8. The van der Waals surface area contributed by atoms with Crippen molar-refractivity contribution in [3.63, 3.8) is 0 Å². The average molecular weight is 863 g/mol. The van der Waals surface area contributed by atoms with E-state index in [0.717, 1.165) is 69.6 Å². The molecule has 0 aliphatic heterocycles. The van der Waals surface area contributed by atoms with Crippen molar-refractivity contribution in [3.8, 4) is 0 Å². The van der Waals surface area contributed by atoms with Crippen LogP contribution in [0.25, 0.3) is 0 Å². The molecule has 0 amide bonds. The van der Waals surface area contributed by atoms with Crippen LogP contribution in [-0.2, 0) is 28.6 Å². The molecule has 6 nitrogen and oxygen atoms in total.